The highest BCUT2D eigenvalue weighted by molar-refractivity contribution is 9.09. The van der Waals surface area contributed by atoms with Gasteiger partial charge in [0.05, 0.1) is 5.01 Å². The van der Waals surface area contributed by atoms with E-state index in [1.807, 2.05) is 13.1 Å². The third kappa shape index (κ3) is 3.33. The van der Waals surface area contributed by atoms with Gasteiger partial charge < -0.3 is 0 Å². The van der Waals surface area contributed by atoms with Gasteiger partial charge in [-0.05, 0) is 18.8 Å². The summed E-state index contributed by atoms with van der Waals surface area (Å²) in [6.45, 7) is 4.32. The Bertz CT molecular complexity index is 268. The van der Waals surface area contributed by atoms with Crippen LogP contribution in [-0.4, -0.2) is 15.6 Å². The summed E-state index contributed by atoms with van der Waals surface area (Å²) in [7, 11) is 0. The number of alkyl halides is 2. The summed E-state index contributed by atoms with van der Waals surface area (Å²) in [5.41, 5.74) is 0.305. The molecule has 0 unspecified atom stereocenters. The summed E-state index contributed by atoms with van der Waals surface area (Å²) in [6, 6.07) is 0. The number of hydrogen-bond donors (Lipinski definition) is 0. The molecule has 0 fully saturated rings. The van der Waals surface area contributed by atoms with E-state index in [1.54, 1.807) is 11.3 Å². The van der Waals surface area contributed by atoms with E-state index in [4.69, 9.17) is 0 Å². The van der Waals surface area contributed by atoms with Gasteiger partial charge in [0, 0.05) is 21.7 Å². The van der Waals surface area contributed by atoms with Crippen molar-refractivity contribution in [3.05, 3.63) is 16.1 Å². The van der Waals surface area contributed by atoms with Gasteiger partial charge in [0.15, 0.2) is 0 Å². The van der Waals surface area contributed by atoms with Gasteiger partial charge in [-0.1, -0.05) is 38.8 Å². The lowest BCUT2D eigenvalue weighted by Crippen LogP contribution is -2.22. The molecule has 0 aliphatic heterocycles. The molecule has 4 heteroatoms. The van der Waals surface area contributed by atoms with Crippen LogP contribution in [0.2, 0.25) is 0 Å². The highest BCUT2D eigenvalue weighted by Crippen LogP contribution is 2.29. The lowest BCUT2D eigenvalue weighted by Gasteiger charge is -2.23. The topological polar surface area (TPSA) is 12.9 Å². The van der Waals surface area contributed by atoms with Crippen molar-refractivity contribution >= 4 is 43.2 Å². The van der Waals surface area contributed by atoms with Gasteiger partial charge in [0.2, 0.25) is 0 Å². The Morgan fingerprint density at radius 2 is 2.08 bits per heavy atom. The summed E-state index contributed by atoms with van der Waals surface area (Å²) in [5, 5.41) is 3.19. The Kier molecular flexibility index (Phi) is 4.39. The molecule has 1 rings (SSSR count). The van der Waals surface area contributed by atoms with Gasteiger partial charge in [-0.15, -0.1) is 11.3 Å². The number of thiazole rings is 1. The molecule has 1 aromatic heterocycles. The Morgan fingerprint density at radius 3 is 2.46 bits per heavy atom. The summed E-state index contributed by atoms with van der Waals surface area (Å²) < 4.78 is 0. The van der Waals surface area contributed by atoms with E-state index in [1.165, 1.54) is 4.88 Å². The zero-order valence-corrected chi connectivity index (χ0v) is 11.8. The Labute approximate surface area is 100 Å². The van der Waals surface area contributed by atoms with E-state index >= 15 is 0 Å². The SMILES string of the molecule is Cc1ncc(CC(C)(CBr)CBr)s1. The van der Waals surface area contributed by atoms with Crippen LogP contribution in [0, 0.1) is 12.3 Å². The molecule has 0 N–H and O–H groups in total. The van der Waals surface area contributed by atoms with Crippen LogP contribution >= 0.6 is 43.2 Å². The van der Waals surface area contributed by atoms with Crippen LogP contribution in [-0.2, 0) is 6.42 Å². The molecule has 0 spiro atoms. The van der Waals surface area contributed by atoms with Crippen molar-refractivity contribution in [1.29, 1.82) is 0 Å². The highest BCUT2D eigenvalue weighted by Gasteiger charge is 2.22. The molecule has 13 heavy (non-hydrogen) atoms. The Hall–Kier alpha value is 0.590. The van der Waals surface area contributed by atoms with Crippen molar-refractivity contribution in [3.8, 4) is 0 Å². The molecule has 74 valence electrons. The van der Waals surface area contributed by atoms with Gasteiger partial charge in [-0.2, -0.15) is 0 Å². The lowest BCUT2D eigenvalue weighted by atomic mass is 9.92. The fourth-order valence-electron chi connectivity index (χ4n) is 1.04. The van der Waals surface area contributed by atoms with Crippen LogP contribution in [0.3, 0.4) is 0 Å². The van der Waals surface area contributed by atoms with Crippen molar-refractivity contribution in [2.24, 2.45) is 5.41 Å². The number of halogens is 2. The fraction of sp³-hybridized carbons (Fsp3) is 0.667. The van der Waals surface area contributed by atoms with Crippen LogP contribution in [0.1, 0.15) is 16.8 Å². The molecule has 1 nitrogen and oxygen atoms in total. The van der Waals surface area contributed by atoms with E-state index in [9.17, 15) is 0 Å². The minimum atomic E-state index is 0.305. The number of aryl methyl sites for hydroxylation is 1. The first-order valence-corrected chi connectivity index (χ1v) is 7.19. The quantitative estimate of drug-likeness (QED) is 0.767. The summed E-state index contributed by atoms with van der Waals surface area (Å²) in [5.74, 6) is 0. The van der Waals surface area contributed by atoms with Crippen molar-refractivity contribution < 1.29 is 0 Å². The molecule has 1 aromatic rings. The molecule has 1 heterocycles. The molecule has 0 saturated heterocycles. The highest BCUT2D eigenvalue weighted by atomic mass is 79.9. The monoisotopic (exact) mass is 325 g/mol. The predicted octanol–water partition coefficient (Wildman–Crippen LogP) is 3.79. The van der Waals surface area contributed by atoms with E-state index in [2.05, 4.69) is 43.8 Å². The van der Waals surface area contributed by atoms with Crippen molar-refractivity contribution in [3.63, 3.8) is 0 Å². The third-order valence-electron chi connectivity index (χ3n) is 1.92. The maximum absolute atomic E-state index is 4.26. The second-order valence-corrected chi connectivity index (χ2v) is 6.04. The van der Waals surface area contributed by atoms with Crippen LogP contribution in [0.4, 0.5) is 0 Å². The van der Waals surface area contributed by atoms with Crippen molar-refractivity contribution in [2.75, 3.05) is 10.7 Å². The molecule has 0 bridgehead atoms. The second-order valence-electron chi connectivity index (χ2n) is 3.60. The standard InChI is InChI=1S/C9H13Br2NS/c1-7-12-4-8(13-7)3-9(2,5-10)6-11/h4H,3,5-6H2,1-2H3. The minimum Gasteiger partial charge on any atom is -0.250 e. The van der Waals surface area contributed by atoms with Crippen molar-refractivity contribution in [2.45, 2.75) is 20.3 Å². The first kappa shape index (κ1) is 11.7. The van der Waals surface area contributed by atoms with E-state index in [0.717, 1.165) is 22.1 Å². The van der Waals surface area contributed by atoms with Crippen LogP contribution in [0.5, 0.6) is 0 Å². The van der Waals surface area contributed by atoms with E-state index in [-0.39, 0.29) is 0 Å². The maximum Gasteiger partial charge on any atom is 0.0896 e. The largest absolute Gasteiger partial charge is 0.250 e. The molecule has 0 aliphatic carbocycles. The lowest BCUT2D eigenvalue weighted by molar-refractivity contribution is 0.442. The first-order chi connectivity index (χ1) is 6.09. The molecule has 0 aromatic carbocycles. The maximum atomic E-state index is 4.26. The zero-order valence-electron chi connectivity index (χ0n) is 7.81. The van der Waals surface area contributed by atoms with E-state index in [0.29, 0.717) is 5.41 Å². The zero-order chi connectivity index (χ0) is 9.90. The predicted molar refractivity (Wildman–Crippen MR) is 66.3 cm³/mol. The van der Waals surface area contributed by atoms with Crippen LogP contribution in [0.15, 0.2) is 6.20 Å². The third-order valence-corrected chi connectivity index (χ3v) is 5.54. The van der Waals surface area contributed by atoms with Crippen molar-refractivity contribution in [1.82, 2.24) is 4.98 Å². The number of nitrogens with zero attached hydrogens (tertiary/aromatic N) is 1. The molecule has 0 amide bonds. The molecular weight excluding hydrogens is 314 g/mol. The summed E-state index contributed by atoms with van der Waals surface area (Å²) in [4.78, 5) is 5.63. The molecule has 0 atom stereocenters. The molecule has 0 aliphatic rings. The van der Waals surface area contributed by atoms with E-state index < -0.39 is 0 Å². The van der Waals surface area contributed by atoms with Crippen LogP contribution in [0.25, 0.3) is 0 Å². The number of hydrogen-bond acceptors (Lipinski definition) is 2. The Balaban J connectivity index is 2.67. The Morgan fingerprint density at radius 1 is 1.46 bits per heavy atom. The average molecular weight is 327 g/mol. The number of aromatic nitrogens is 1. The van der Waals surface area contributed by atoms with Gasteiger partial charge >= 0.3 is 0 Å². The summed E-state index contributed by atoms with van der Waals surface area (Å²) in [6.07, 6.45) is 3.08. The van der Waals surface area contributed by atoms with Gasteiger partial charge in [0.25, 0.3) is 0 Å². The first-order valence-electron chi connectivity index (χ1n) is 4.13. The number of rotatable bonds is 4. The normalized spacial score (nSPS) is 12.0. The van der Waals surface area contributed by atoms with Gasteiger partial charge in [-0.25, -0.2) is 4.98 Å². The minimum absolute atomic E-state index is 0.305. The molecule has 0 saturated carbocycles. The molecule has 0 radical (unpaired) electrons. The summed E-state index contributed by atoms with van der Waals surface area (Å²) >= 11 is 8.89. The van der Waals surface area contributed by atoms with Crippen LogP contribution < -0.4 is 0 Å². The van der Waals surface area contributed by atoms with Gasteiger partial charge in [0.1, 0.15) is 0 Å². The second kappa shape index (κ2) is 4.89. The van der Waals surface area contributed by atoms with Gasteiger partial charge in [-0.3, -0.25) is 0 Å². The molecular formula is C9H13Br2NS. The fourth-order valence-corrected chi connectivity index (χ4v) is 3.37. The smallest absolute Gasteiger partial charge is 0.0896 e. The average Bonchev–Trinajstić information content (AvgIpc) is 2.51.